The van der Waals surface area contributed by atoms with Crippen molar-refractivity contribution in [3.8, 4) is 5.75 Å². The molecule has 0 fully saturated rings. The van der Waals surface area contributed by atoms with Crippen molar-refractivity contribution in [3.05, 3.63) is 29.8 Å². The van der Waals surface area contributed by atoms with Crippen LogP contribution < -0.4 is 10.1 Å². The average molecular weight is 265 g/mol. The van der Waals surface area contributed by atoms with E-state index in [1.807, 2.05) is 19.2 Å². The Hall–Kier alpha value is -1.06. The molecule has 0 aliphatic carbocycles. The molecule has 0 aliphatic rings. The minimum absolute atomic E-state index is 0.615. The minimum atomic E-state index is 0.615. The van der Waals surface area contributed by atoms with Gasteiger partial charge in [0.15, 0.2) is 0 Å². The molecule has 108 valence electrons. The second kappa shape index (κ2) is 9.82. The molecule has 0 heterocycles. The molecule has 1 aromatic carbocycles. The summed E-state index contributed by atoms with van der Waals surface area (Å²) in [6, 6.07) is 8.17. The summed E-state index contributed by atoms with van der Waals surface area (Å²) in [5, 5.41) is 3.12. The smallest absolute Gasteiger partial charge is 0.119 e. The number of ether oxygens (including phenoxy) is 2. The first-order valence-electron chi connectivity index (χ1n) is 7.20. The molecule has 3 nitrogen and oxygen atoms in total. The Balaban J connectivity index is 2.12. The van der Waals surface area contributed by atoms with Gasteiger partial charge in [-0.1, -0.05) is 32.4 Å². The van der Waals surface area contributed by atoms with E-state index in [4.69, 9.17) is 9.47 Å². The van der Waals surface area contributed by atoms with Gasteiger partial charge in [0.25, 0.3) is 0 Å². The molecule has 1 unspecified atom stereocenters. The molecule has 0 amide bonds. The number of hydrogen-bond donors (Lipinski definition) is 1. The van der Waals surface area contributed by atoms with Gasteiger partial charge in [0.05, 0.1) is 6.61 Å². The fraction of sp³-hybridized carbons (Fsp3) is 0.625. The lowest BCUT2D eigenvalue weighted by molar-refractivity contribution is 0.0758. The largest absolute Gasteiger partial charge is 0.491 e. The van der Waals surface area contributed by atoms with Crippen LogP contribution in [0.25, 0.3) is 0 Å². The van der Waals surface area contributed by atoms with Gasteiger partial charge in [-0.05, 0) is 37.1 Å². The SMILES string of the molecule is CCCC(C)COCCOc1ccc(CNC)cc1. The van der Waals surface area contributed by atoms with Crippen LogP contribution in [-0.4, -0.2) is 26.9 Å². The van der Waals surface area contributed by atoms with Crippen LogP contribution in [0.3, 0.4) is 0 Å². The van der Waals surface area contributed by atoms with Crippen LogP contribution in [0.4, 0.5) is 0 Å². The van der Waals surface area contributed by atoms with Gasteiger partial charge >= 0.3 is 0 Å². The Labute approximate surface area is 117 Å². The maximum atomic E-state index is 5.64. The van der Waals surface area contributed by atoms with Crippen LogP contribution in [0.15, 0.2) is 24.3 Å². The molecular formula is C16H27NO2. The van der Waals surface area contributed by atoms with Crippen molar-refractivity contribution in [2.24, 2.45) is 5.92 Å². The Kier molecular flexibility index (Phi) is 8.26. The first-order valence-corrected chi connectivity index (χ1v) is 7.20. The van der Waals surface area contributed by atoms with Gasteiger partial charge in [0.2, 0.25) is 0 Å². The van der Waals surface area contributed by atoms with Gasteiger partial charge in [-0.2, -0.15) is 0 Å². The van der Waals surface area contributed by atoms with Crippen LogP contribution in [0.2, 0.25) is 0 Å². The summed E-state index contributed by atoms with van der Waals surface area (Å²) >= 11 is 0. The van der Waals surface area contributed by atoms with Crippen molar-refractivity contribution >= 4 is 0 Å². The van der Waals surface area contributed by atoms with Gasteiger partial charge in [0, 0.05) is 13.2 Å². The third-order valence-electron chi connectivity index (χ3n) is 2.98. The third-order valence-corrected chi connectivity index (χ3v) is 2.98. The van der Waals surface area contributed by atoms with E-state index in [-0.39, 0.29) is 0 Å². The summed E-state index contributed by atoms with van der Waals surface area (Å²) in [6.07, 6.45) is 2.45. The Morgan fingerprint density at radius 2 is 1.89 bits per heavy atom. The van der Waals surface area contributed by atoms with Crippen LogP contribution >= 0.6 is 0 Å². The lowest BCUT2D eigenvalue weighted by Gasteiger charge is -2.11. The van der Waals surface area contributed by atoms with Gasteiger partial charge in [-0.15, -0.1) is 0 Å². The van der Waals surface area contributed by atoms with Gasteiger partial charge in [0.1, 0.15) is 12.4 Å². The molecule has 0 bridgehead atoms. The normalized spacial score (nSPS) is 12.4. The molecule has 1 rings (SSSR count). The summed E-state index contributed by atoms with van der Waals surface area (Å²) in [4.78, 5) is 0. The van der Waals surface area contributed by atoms with E-state index in [2.05, 4.69) is 31.3 Å². The molecule has 0 spiro atoms. The van der Waals surface area contributed by atoms with Crippen LogP contribution in [0.1, 0.15) is 32.3 Å². The molecule has 0 saturated heterocycles. The molecular weight excluding hydrogens is 238 g/mol. The van der Waals surface area contributed by atoms with E-state index >= 15 is 0 Å². The first kappa shape index (κ1) is 16.0. The van der Waals surface area contributed by atoms with Crippen molar-refractivity contribution in [3.63, 3.8) is 0 Å². The van der Waals surface area contributed by atoms with Gasteiger partial charge < -0.3 is 14.8 Å². The van der Waals surface area contributed by atoms with E-state index < -0.39 is 0 Å². The number of benzene rings is 1. The molecule has 0 radical (unpaired) electrons. The third kappa shape index (κ3) is 7.19. The molecule has 1 aromatic rings. The monoisotopic (exact) mass is 265 g/mol. The fourth-order valence-electron chi connectivity index (χ4n) is 1.99. The molecule has 1 N–H and O–H groups in total. The average Bonchev–Trinajstić information content (AvgIpc) is 2.41. The second-order valence-corrected chi connectivity index (χ2v) is 4.99. The second-order valence-electron chi connectivity index (χ2n) is 4.99. The predicted molar refractivity (Wildman–Crippen MR) is 79.6 cm³/mol. The van der Waals surface area contributed by atoms with E-state index in [1.165, 1.54) is 18.4 Å². The van der Waals surface area contributed by atoms with Gasteiger partial charge in [-0.25, -0.2) is 0 Å². The zero-order valence-electron chi connectivity index (χ0n) is 12.4. The molecule has 0 saturated carbocycles. The van der Waals surface area contributed by atoms with Crippen molar-refractivity contribution < 1.29 is 9.47 Å². The molecule has 3 heteroatoms. The van der Waals surface area contributed by atoms with Crippen molar-refractivity contribution in [1.82, 2.24) is 5.32 Å². The molecule has 0 aliphatic heterocycles. The lowest BCUT2D eigenvalue weighted by atomic mass is 10.1. The zero-order valence-corrected chi connectivity index (χ0v) is 12.4. The highest BCUT2D eigenvalue weighted by molar-refractivity contribution is 5.27. The highest BCUT2D eigenvalue weighted by atomic mass is 16.5. The summed E-state index contributed by atoms with van der Waals surface area (Å²) < 4.78 is 11.2. The number of nitrogens with one attached hydrogen (secondary N) is 1. The standard InChI is InChI=1S/C16H27NO2/c1-4-5-14(2)13-18-10-11-19-16-8-6-15(7-9-16)12-17-3/h6-9,14,17H,4-5,10-13H2,1-3H3. The van der Waals surface area contributed by atoms with Crippen molar-refractivity contribution in [2.45, 2.75) is 33.2 Å². The maximum absolute atomic E-state index is 5.64. The molecule has 19 heavy (non-hydrogen) atoms. The molecule has 0 aromatic heterocycles. The maximum Gasteiger partial charge on any atom is 0.119 e. The summed E-state index contributed by atoms with van der Waals surface area (Å²) in [5.41, 5.74) is 1.26. The van der Waals surface area contributed by atoms with Crippen LogP contribution in [-0.2, 0) is 11.3 Å². The number of rotatable bonds is 10. The van der Waals surface area contributed by atoms with E-state index in [9.17, 15) is 0 Å². The van der Waals surface area contributed by atoms with Crippen molar-refractivity contribution in [2.75, 3.05) is 26.9 Å². The summed E-state index contributed by atoms with van der Waals surface area (Å²) in [5.74, 6) is 1.55. The zero-order chi connectivity index (χ0) is 13.9. The summed E-state index contributed by atoms with van der Waals surface area (Å²) in [6.45, 7) is 7.43. The first-order chi connectivity index (χ1) is 9.26. The quantitative estimate of drug-likeness (QED) is 0.659. The summed E-state index contributed by atoms with van der Waals surface area (Å²) in [7, 11) is 1.95. The highest BCUT2D eigenvalue weighted by Gasteiger charge is 2.00. The fourth-order valence-corrected chi connectivity index (χ4v) is 1.99. The Bertz CT molecular complexity index is 324. The minimum Gasteiger partial charge on any atom is -0.491 e. The highest BCUT2D eigenvalue weighted by Crippen LogP contribution is 2.12. The van der Waals surface area contributed by atoms with Crippen molar-refractivity contribution in [1.29, 1.82) is 0 Å². The predicted octanol–water partition coefficient (Wildman–Crippen LogP) is 3.24. The van der Waals surface area contributed by atoms with Gasteiger partial charge in [-0.3, -0.25) is 0 Å². The Morgan fingerprint density at radius 1 is 1.16 bits per heavy atom. The van der Waals surface area contributed by atoms with Crippen LogP contribution in [0.5, 0.6) is 5.75 Å². The van der Waals surface area contributed by atoms with E-state index in [0.29, 0.717) is 19.1 Å². The van der Waals surface area contributed by atoms with Crippen LogP contribution in [0, 0.1) is 5.92 Å². The Morgan fingerprint density at radius 3 is 2.53 bits per heavy atom. The molecule has 1 atom stereocenters. The number of hydrogen-bond acceptors (Lipinski definition) is 3. The lowest BCUT2D eigenvalue weighted by Crippen LogP contribution is -2.11. The van der Waals surface area contributed by atoms with E-state index in [0.717, 1.165) is 18.9 Å². The topological polar surface area (TPSA) is 30.5 Å². The van der Waals surface area contributed by atoms with E-state index in [1.54, 1.807) is 0 Å².